The molecule has 3 N–H and O–H groups in total. The molecule has 3 saturated heterocycles. The molecule has 3 aliphatic rings. The van der Waals surface area contributed by atoms with E-state index in [1.54, 1.807) is 43.5 Å². The zero-order valence-electron chi connectivity index (χ0n) is 22.2. The van der Waals surface area contributed by atoms with E-state index in [9.17, 15) is 19.5 Å². The number of likely N-dealkylation sites (tertiary alicyclic amines) is 1. The van der Waals surface area contributed by atoms with Gasteiger partial charge in [-0.2, -0.15) is 0 Å². The van der Waals surface area contributed by atoms with Crippen LogP contribution in [0.1, 0.15) is 26.7 Å². The van der Waals surface area contributed by atoms with Crippen LogP contribution in [0.5, 0.6) is 5.75 Å². The number of benzene rings is 2. The minimum absolute atomic E-state index is 0.163. The third kappa shape index (κ3) is 4.83. The minimum atomic E-state index is -1.21. The smallest absolute Gasteiger partial charge is 0.250 e. The fourth-order valence-corrected chi connectivity index (χ4v) is 7.46. The lowest BCUT2D eigenvalue weighted by Gasteiger charge is -2.37. The number of aliphatic hydroxyl groups excluding tert-OH is 1. The average Bonchev–Trinajstić information content (AvgIpc) is 3.51. The van der Waals surface area contributed by atoms with Crippen molar-refractivity contribution >= 4 is 45.0 Å². The highest BCUT2D eigenvalue weighted by molar-refractivity contribution is 9.09. The lowest BCUT2D eigenvalue weighted by atomic mass is 9.70. The molecule has 0 saturated carbocycles. The minimum Gasteiger partial charge on any atom is -0.497 e. The molecule has 3 unspecified atom stereocenters. The fraction of sp³-hybridized carbons (Fsp3) is 0.483. The number of hydrogen-bond donors (Lipinski definition) is 3. The summed E-state index contributed by atoms with van der Waals surface area (Å²) >= 11 is 3.68. The Balaban J connectivity index is 1.52. The summed E-state index contributed by atoms with van der Waals surface area (Å²) in [6, 6.07) is 14.4. The second-order valence-corrected chi connectivity index (χ2v) is 12.1. The summed E-state index contributed by atoms with van der Waals surface area (Å²) in [6.45, 7) is 3.70. The van der Waals surface area contributed by atoms with Gasteiger partial charge in [0.2, 0.25) is 17.7 Å². The van der Waals surface area contributed by atoms with Gasteiger partial charge >= 0.3 is 0 Å². The summed E-state index contributed by atoms with van der Waals surface area (Å²) in [5.41, 5.74) is -0.0522. The molecule has 3 aliphatic heterocycles. The van der Waals surface area contributed by atoms with Gasteiger partial charge in [-0.1, -0.05) is 48.0 Å². The van der Waals surface area contributed by atoms with E-state index in [1.807, 2.05) is 32.0 Å². The molecule has 10 heteroatoms. The third-order valence-electron chi connectivity index (χ3n) is 8.02. The van der Waals surface area contributed by atoms with Crippen molar-refractivity contribution in [3.63, 3.8) is 0 Å². The van der Waals surface area contributed by atoms with Gasteiger partial charge in [0.25, 0.3) is 0 Å². The number of carbonyl (C=O) groups is 3. The number of amides is 3. The van der Waals surface area contributed by atoms with Crippen molar-refractivity contribution in [1.82, 2.24) is 4.90 Å². The molecule has 0 aromatic heterocycles. The van der Waals surface area contributed by atoms with E-state index in [2.05, 4.69) is 26.6 Å². The van der Waals surface area contributed by atoms with Crippen molar-refractivity contribution in [2.24, 2.45) is 17.8 Å². The summed E-state index contributed by atoms with van der Waals surface area (Å²) in [5.74, 6) is -1.91. The van der Waals surface area contributed by atoms with E-state index < -0.39 is 41.5 Å². The van der Waals surface area contributed by atoms with Crippen LogP contribution in [0, 0.1) is 17.8 Å². The summed E-state index contributed by atoms with van der Waals surface area (Å²) < 4.78 is 11.8. The number of alkyl halides is 1. The number of carbonyl (C=O) groups excluding carboxylic acids is 3. The van der Waals surface area contributed by atoms with Gasteiger partial charge in [-0.05, 0) is 55.2 Å². The van der Waals surface area contributed by atoms with Gasteiger partial charge in [0.1, 0.15) is 17.4 Å². The number of methoxy groups -OCH3 is 1. The first-order valence-corrected chi connectivity index (χ1v) is 14.2. The number of ether oxygens (including phenoxy) is 2. The Morgan fingerprint density at radius 2 is 1.74 bits per heavy atom. The topological polar surface area (TPSA) is 117 Å². The molecule has 3 fully saturated rings. The zero-order valence-corrected chi connectivity index (χ0v) is 23.8. The van der Waals surface area contributed by atoms with E-state index in [0.717, 1.165) is 0 Å². The van der Waals surface area contributed by atoms with E-state index in [4.69, 9.17) is 9.47 Å². The lowest BCUT2D eigenvalue weighted by molar-refractivity contribution is -0.143. The molecule has 9 nitrogen and oxygen atoms in total. The highest BCUT2D eigenvalue weighted by Crippen LogP contribution is 2.60. The fourth-order valence-electron chi connectivity index (χ4n) is 6.51. The van der Waals surface area contributed by atoms with Crippen LogP contribution in [-0.4, -0.2) is 70.1 Å². The third-order valence-corrected chi connectivity index (χ3v) is 8.87. The second-order valence-electron chi connectivity index (χ2n) is 10.9. The van der Waals surface area contributed by atoms with Crippen molar-refractivity contribution in [3.05, 3.63) is 54.6 Å². The van der Waals surface area contributed by atoms with Crippen molar-refractivity contribution in [3.8, 4) is 5.75 Å². The van der Waals surface area contributed by atoms with Crippen LogP contribution in [0.2, 0.25) is 0 Å². The molecule has 208 valence electrons. The number of halogens is 1. The van der Waals surface area contributed by atoms with Gasteiger partial charge in [0, 0.05) is 16.2 Å². The standard InChI is InChI=1S/C29H34BrN3O6/c1-16(2)13-19(15-34)33-25(27(36)32-18-9-11-20(38-3)12-10-18)29-14-21(30)24(39-29)22(23(29)28(33)37)26(35)31-17-7-5-4-6-8-17/h4-12,16,19,21-25,34H,13-15H2,1-3H3,(H,31,35)(H,32,36)/t19-,21?,22-,23+,24-,25?,29?/m1/s1. The number of rotatable bonds is 9. The van der Waals surface area contributed by atoms with Crippen LogP contribution in [0.4, 0.5) is 11.4 Å². The van der Waals surface area contributed by atoms with Crippen LogP contribution in [0.15, 0.2) is 54.6 Å². The molecular formula is C29H34BrN3O6. The van der Waals surface area contributed by atoms with Crippen molar-refractivity contribution in [1.29, 1.82) is 0 Å². The Kier molecular flexibility index (Phi) is 7.72. The number of nitrogens with one attached hydrogen (secondary N) is 2. The number of hydrogen-bond acceptors (Lipinski definition) is 6. The van der Waals surface area contributed by atoms with Crippen LogP contribution in [-0.2, 0) is 19.1 Å². The summed E-state index contributed by atoms with van der Waals surface area (Å²) in [4.78, 5) is 43.2. The predicted octanol–water partition coefficient (Wildman–Crippen LogP) is 3.43. The van der Waals surface area contributed by atoms with Crippen LogP contribution < -0.4 is 15.4 Å². The molecule has 0 radical (unpaired) electrons. The first-order valence-electron chi connectivity index (χ1n) is 13.3. The van der Waals surface area contributed by atoms with E-state index in [-0.39, 0.29) is 29.2 Å². The van der Waals surface area contributed by atoms with Crippen molar-refractivity contribution in [2.75, 3.05) is 24.4 Å². The predicted molar refractivity (Wildman–Crippen MR) is 150 cm³/mol. The van der Waals surface area contributed by atoms with Gasteiger partial charge in [-0.3, -0.25) is 14.4 Å². The molecule has 5 rings (SSSR count). The number of fused-ring (bicyclic) bond motifs is 1. The SMILES string of the molecule is COc1ccc(NC(=O)C2N([C@@H](CO)CC(C)C)C(=O)[C@@H]3[C@@H](C(=O)Nc4ccccc4)[C@@H]4OC23CC4Br)cc1. The van der Waals surface area contributed by atoms with Crippen molar-refractivity contribution < 1.29 is 29.0 Å². The molecule has 2 bridgehead atoms. The maximum atomic E-state index is 14.2. The first-order chi connectivity index (χ1) is 18.7. The van der Waals surface area contributed by atoms with Crippen molar-refractivity contribution in [2.45, 2.75) is 55.3 Å². The molecule has 3 heterocycles. The van der Waals surface area contributed by atoms with E-state index in [1.165, 1.54) is 4.90 Å². The molecular weight excluding hydrogens is 566 g/mol. The highest BCUT2D eigenvalue weighted by Gasteiger charge is 2.77. The normalized spacial score (nSPS) is 29.8. The van der Waals surface area contributed by atoms with Crippen LogP contribution in [0.3, 0.4) is 0 Å². The van der Waals surface area contributed by atoms with Gasteiger partial charge < -0.3 is 30.1 Å². The number of anilines is 2. The molecule has 0 aliphatic carbocycles. The monoisotopic (exact) mass is 599 g/mol. The summed E-state index contributed by atoms with van der Waals surface area (Å²) in [6.07, 6.45) is 0.318. The van der Waals surface area contributed by atoms with Crippen LogP contribution >= 0.6 is 15.9 Å². The summed E-state index contributed by atoms with van der Waals surface area (Å²) in [7, 11) is 1.56. The van der Waals surface area contributed by atoms with Gasteiger partial charge in [0.15, 0.2) is 0 Å². The maximum absolute atomic E-state index is 14.2. The molecule has 1 spiro atoms. The molecule has 3 amide bonds. The largest absolute Gasteiger partial charge is 0.497 e. The molecule has 39 heavy (non-hydrogen) atoms. The Morgan fingerprint density at radius 3 is 2.36 bits per heavy atom. The highest BCUT2D eigenvalue weighted by atomic mass is 79.9. The Bertz CT molecular complexity index is 1230. The summed E-state index contributed by atoms with van der Waals surface area (Å²) in [5, 5.41) is 16.3. The maximum Gasteiger partial charge on any atom is 0.250 e. The lowest BCUT2D eigenvalue weighted by Crippen LogP contribution is -2.56. The molecule has 2 aromatic rings. The molecule has 2 aromatic carbocycles. The quantitative estimate of drug-likeness (QED) is 0.380. The number of nitrogens with zero attached hydrogens (tertiary/aromatic N) is 1. The second kappa shape index (κ2) is 10.9. The Hall–Kier alpha value is -2.95. The average molecular weight is 601 g/mol. The van der Waals surface area contributed by atoms with Crippen LogP contribution in [0.25, 0.3) is 0 Å². The van der Waals surface area contributed by atoms with E-state index in [0.29, 0.717) is 30.0 Å². The van der Waals surface area contributed by atoms with E-state index >= 15 is 0 Å². The first kappa shape index (κ1) is 27.6. The van der Waals surface area contributed by atoms with Gasteiger partial charge in [-0.15, -0.1) is 0 Å². The number of para-hydroxylation sites is 1. The Morgan fingerprint density at radius 1 is 1.10 bits per heavy atom. The molecule has 7 atom stereocenters. The number of aliphatic hydroxyl groups is 1. The van der Waals surface area contributed by atoms with Gasteiger partial charge in [0.05, 0.1) is 37.7 Å². The van der Waals surface area contributed by atoms with Gasteiger partial charge in [-0.25, -0.2) is 0 Å². The zero-order chi connectivity index (χ0) is 27.9. The Labute approximate surface area is 236 Å².